The van der Waals surface area contributed by atoms with Crippen LogP contribution in [0.4, 0.5) is 4.79 Å². The van der Waals surface area contributed by atoms with Crippen LogP contribution in [0.25, 0.3) is 0 Å². The van der Waals surface area contributed by atoms with E-state index in [-0.39, 0.29) is 48.1 Å². The second kappa shape index (κ2) is 21.9. The molecule has 2 bridgehead atoms. The number of nitrogens with one attached hydrogen (secondary N) is 3. The van der Waals surface area contributed by atoms with Gasteiger partial charge in [0, 0.05) is 50.4 Å². The summed E-state index contributed by atoms with van der Waals surface area (Å²) in [6.45, 7) is 11.5. The molecule has 1 heterocycles. The Morgan fingerprint density at radius 2 is 1.71 bits per heavy atom. The molecular weight excluding hydrogens is 695 g/mol. The maximum atomic E-state index is 13.9. The summed E-state index contributed by atoms with van der Waals surface area (Å²) < 4.78 is 39.8. The summed E-state index contributed by atoms with van der Waals surface area (Å²) in [7, 11) is -0.498. The smallest absolute Gasteiger partial charge is 0.405 e. The normalized spacial score (nSPS) is 28.2. The SMILES string of the molecule is CCOP(=O)(NCCCCNC1=C2CC(C)CC(OC)C(O)C(C)/C=C(\C)C(OC(N)=O)C(OC)/C=C\C=C(/C)C(=O)NC(=CC1=O)C2=O)OCC. The molecule has 1 aliphatic carbocycles. The molecule has 6 atom stereocenters. The van der Waals surface area contributed by atoms with Gasteiger partial charge in [0.2, 0.25) is 11.6 Å². The Balaban J connectivity index is 2.44. The third-order valence-corrected chi connectivity index (χ3v) is 10.4. The molecule has 0 aromatic carbocycles. The molecule has 2 amide bonds. The first-order valence-electron chi connectivity index (χ1n) is 17.6. The highest BCUT2D eigenvalue weighted by Gasteiger charge is 2.33. The van der Waals surface area contributed by atoms with Gasteiger partial charge >= 0.3 is 13.8 Å². The largest absolute Gasteiger partial charge is 0.439 e. The van der Waals surface area contributed by atoms with Gasteiger partial charge in [-0.2, -0.15) is 0 Å². The van der Waals surface area contributed by atoms with Crippen molar-refractivity contribution in [2.75, 3.05) is 40.5 Å². The number of rotatable bonds is 14. The Labute approximate surface area is 307 Å². The monoisotopic (exact) mass is 752 g/mol. The van der Waals surface area contributed by atoms with Gasteiger partial charge in [0.15, 0.2) is 6.10 Å². The molecule has 0 aromatic rings. The van der Waals surface area contributed by atoms with Gasteiger partial charge in [-0.3, -0.25) is 23.4 Å². The van der Waals surface area contributed by atoms with Gasteiger partial charge in [0.05, 0.1) is 36.8 Å². The summed E-state index contributed by atoms with van der Waals surface area (Å²) in [6, 6.07) is 0. The van der Waals surface area contributed by atoms with E-state index in [0.29, 0.717) is 37.9 Å². The van der Waals surface area contributed by atoms with E-state index in [2.05, 4.69) is 15.7 Å². The first-order valence-corrected chi connectivity index (χ1v) is 19.1. The molecule has 2 aliphatic rings. The van der Waals surface area contributed by atoms with Crippen LogP contribution in [0.2, 0.25) is 0 Å². The topological polar surface area (TPSA) is 214 Å². The molecule has 0 spiro atoms. The first kappa shape index (κ1) is 44.7. The minimum Gasteiger partial charge on any atom is -0.439 e. The van der Waals surface area contributed by atoms with Crippen LogP contribution in [-0.4, -0.2) is 93.6 Å². The molecule has 0 aromatic heterocycles. The molecule has 1 aliphatic heterocycles. The number of amides is 2. The van der Waals surface area contributed by atoms with Crippen LogP contribution in [0, 0.1) is 11.8 Å². The highest BCUT2D eigenvalue weighted by Crippen LogP contribution is 2.43. The number of primary amides is 1. The predicted molar refractivity (Wildman–Crippen MR) is 196 cm³/mol. The zero-order valence-electron chi connectivity index (χ0n) is 31.6. The average Bonchev–Trinajstić information content (AvgIpc) is 3.08. The van der Waals surface area contributed by atoms with Crippen LogP contribution in [0.3, 0.4) is 0 Å². The number of aliphatic hydroxyl groups excluding tert-OH is 1. The van der Waals surface area contributed by atoms with E-state index in [0.717, 1.165) is 6.08 Å². The maximum absolute atomic E-state index is 13.9. The summed E-state index contributed by atoms with van der Waals surface area (Å²) in [5.41, 5.74) is 6.34. The Hall–Kier alpha value is -3.43. The van der Waals surface area contributed by atoms with E-state index >= 15 is 0 Å². The van der Waals surface area contributed by atoms with Crippen molar-refractivity contribution in [1.29, 1.82) is 0 Å². The van der Waals surface area contributed by atoms with Crippen LogP contribution in [0.15, 0.2) is 58.5 Å². The Morgan fingerprint density at radius 1 is 1.06 bits per heavy atom. The summed E-state index contributed by atoms with van der Waals surface area (Å²) >= 11 is 0. The van der Waals surface area contributed by atoms with Crippen LogP contribution >= 0.6 is 7.75 Å². The van der Waals surface area contributed by atoms with Crippen molar-refractivity contribution in [2.24, 2.45) is 17.6 Å². The quantitative estimate of drug-likeness (QED) is 0.0738. The van der Waals surface area contributed by atoms with Gasteiger partial charge in [-0.15, -0.1) is 0 Å². The van der Waals surface area contributed by atoms with Gasteiger partial charge in [0.1, 0.15) is 6.10 Å². The third-order valence-electron chi connectivity index (χ3n) is 8.60. The van der Waals surface area contributed by atoms with Gasteiger partial charge in [-0.1, -0.05) is 38.2 Å². The van der Waals surface area contributed by atoms with Crippen LogP contribution in [0.5, 0.6) is 0 Å². The van der Waals surface area contributed by atoms with E-state index in [1.54, 1.807) is 52.8 Å². The number of methoxy groups -OCH3 is 2. The number of carbonyl (C=O) groups is 4. The van der Waals surface area contributed by atoms with E-state index in [9.17, 15) is 28.8 Å². The molecule has 6 N–H and O–H groups in total. The van der Waals surface area contributed by atoms with Crippen molar-refractivity contribution in [3.8, 4) is 0 Å². The van der Waals surface area contributed by atoms with Crippen molar-refractivity contribution in [3.63, 3.8) is 0 Å². The summed E-state index contributed by atoms with van der Waals surface area (Å²) in [5, 5.41) is 19.9. The number of aliphatic hydroxyl groups is 1. The highest BCUT2D eigenvalue weighted by atomic mass is 31.2. The Kier molecular flexibility index (Phi) is 18.9. The minimum atomic E-state index is -3.40. The van der Waals surface area contributed by atoms with E-state index in [4.69, 9.17) is 29.0 Å². The number of unbranched alkanes of at least 4 members (excludes halogenated alkanes) is 1. The zero-order valence-corrected chi connectivity index (χ0v) is 32.5. The number of nitrogens with two attached hydrogens (primary N) is 1. The van der Waals surface area contributed by atoms with Crippen molar-refractivity contribution in [3.05, 3.63) is 58.5 Å². The fraction of sp³-hybridized carbons (Fsp3) is 0.611. The molecule has 0 fully saturated rings. The van der Waals surface area contributed by atoms with Crippen molar-refractivity contribution < 1.29 is 52.1 Å². The second-order valence-corrected chi connectivity index (χ2v) is 14.6. The molecule has 16 heteroatoms. The van der Waals surface area contributed by atoms with Crippen molar-refractivity contribution in [1.82, 2.24) is 15.7 Å². The lowest BCUT2D eigenvalue weighted by atomic mass is 9.85. The highest BCUT2D eigenvalue weighted by molar-refractivity contribution is 7.51. The lowest BCUT2D eigenvalue weighted by Gasteiger charge is -2.30. The maximum Gasteiger partial charge on any atom is 0.405 e. The predicted octanol–water partition coefficient (Wildman–Crippen LogP) is 3.90. The number of ether oxygens (including phenoxy) is 3. The minimum absolute atomic E-state index is 0.130. The molecule has 292 valence electrons. The van der Waals surface area contributed by atoms with Gasteiger partial charge < -0.3 is 35.7 Å². The number of fused-ring (bicyclic) bond motifs is 2. The van der Waals surface area contributed by atoms with Gasteiger partial charge in [0.25, 0.3) is 5.91 Å². The molecule has 0 radical (unpaired) electrons. The number of carbonyl (C=O) groups excluding carboxylic acids is 4. The van der Waals surface area contributed by atoms with E-state index < -0.39 is 61.6 Å². The molecule has 0 saturated carbocycles. The first-order chi connectivity index (χ1) is 24.6. The lowest BCUT2D eigenvalue weighted by Crippen LogP contribution is -2.38. The van der Waals surface area contributed by atoms with Crippen LogP contribution in [-0.2, 0) is 42.2 Å². The van der Waals surface area contributed by atoms with E-state index in [1.807, 2.05) is 6.92 Å². The number of ketones is 2. The van der Waals surface area contributed by atoms with Crippen LogP contribution in [0.1, 0.15) is 67.2 Å². The molecule has 52 heavy (non-hydrogen) atoms. The number of allylic oxidation sites excluding steroid dienone is 4. The molecular formula is C36H57N4O11P. The number of hydrogen-bond donors (Lipinski definition) is 5. The fourth-order valence-corrected chi connectivity index (χ4v) is 7.30. The molecule has 6 unspecified atom stereocenters. The zero-order chi connectivity index (χ0) is 39.0. The van der Waals surface area contributed by atoms with Gasteiger partial charge in [-0.05, 0) is 64.9 Å². The average molecular weight is 753 g/mol. The Bertz CT molecular complexity index is 1460. The summed E-state index contributed by atoms with van der Waals surface area (Å²) in [6.07, 6.45) is 4.63. The standard InChI is InChI=1S/C36H57N4O11P/c1-9-49-52(46,50-10-2)39-17-12-11-16-38-31-26-18-22(3)19-30(48-8)32(42)24(5)20-25(6)34(51-36(37)45)29(47-7)15-13-14-23(4)35(44)40-27(33(26)43)21-28(31)41/h13-15,20-22,24,29-30,32,34,38,42H,9-12,16-19H2,1-8H3,(H2,37,45)(H,39,46)(H,40,44)/b15-13-,23-14+,25-20+. The molecule has 0 saturated heterocycles. The lowest BCUT2D eigenvalue weighted by molar-refractivity contribution is -0.120. The molecule has 2 rings (SSSR count). The number of hydrogen-bond acceptors (Lipinski definition) is 12. The summed E-state index contributed by atoms with van der Waals surface area (Å²) in [5.74, 6) is -2.32. The van der Waals surface area contributed by atoms with Crippen molar-refractivity contribution >= 4 is 31.3 Å². The van der Waals surface area contributed by atoms with Gasteiger partial charge in [-0.25, -0.2) is 14.4 Å². The Morgan fingerprint density at radius 3 is 2.31 bits per heavy atom. The van der Waals surface area contributed by atoms with E-state index in [1.165, 1.54) is 20.3 Å². The van der Waals surface area contributed by atoms with Crippen molar-refractivity contribution in [2.45, 2.75) is 91.6 Å². The third kappa shape index (κ3) is 13.5. The molecule has 15 nitrogen and oxygen atoms in total. The fourth-order valence-electron chi connectivity index (χ4n) is 5.93. The summed E-state index contributed by atoms with van der Waals surface area (Å²) in [4.78, 5) is 52.4. The second-order valence-electron chi connectivity index (χ2n) is 12.8. The van der Waals surface area contributed by atoms with Crippen LogP contribution < -0.4 is 21.5 Å². The number of Topliss-reactive ketones (excluding diaryl/α,β-unsaturated/α-hetero) is 1.